The van der Waals surface area contributed by atoms with Gasteiger partial charge in [0.1, 0.15) is 0 Å². The van der Waals surface area contributed by atoms with Crippen LogP contribution in [0.4, 0.5) is 0 Å². The SMILES string of the molecule is CCC1NC(=S)NC2=C1C(=O)CC(C)(C)C2. The van der Waals surface area contributed by atoms with E-state index in [9.17, 15) is 4.79 Å². The van der Waals surface area contributed by atoms with Gasteiger partial charge in [0.05, 0.1) is 6.04 Å². The number of Topliss-reactive ketones (excluding diaryl/α,β-unsaturated/α-hetero) is 1. The third-order valence-corrected chi connectivity index (χ3v) is 3.47. The molecule has 1 aliphatic carbocycles. The molecule has 3 nitrogen and oxygen atoms in total. The first-order chi connectivity index (χ1) is 7.43. The first-order valence-corrected chi connectivity index (χ1v) is 6.17. The van der Waals surface area contributed by atoms with Gasteiger partial charge in [-0.25, -0.2) is 0 Å². The van der Waals surface area contributed by atoms with E-state index in [-0.39, 0.29) is 17.2 Å². The summed E-state index contributed by atoms with van der Waals surface area (Å²) in [7, 11) is 0. The van der Waals surface area contributed by atoms with Crippen molar-refractivity contribution in [3.8, 4) is 0 Å². The molecular weight excluding hydrogens is 220 g/mol. The van der Waals surface area contributed by atoms with E-state index < -0.39 is 0 Å². The molecule has 2 N–H and O–H groups in total. The maximum atomic E-state index is 12.1. The molecule has 1 unspecified atom stereocenters. The van der Waals surface area contributed by atoms with Crippen LogP contribution in [-0.4, -0.2) is 16.9 Å². The van der Waals surface area contributed by atoms with E-state index in [2.05, 4.69) is 31.4 Å². The number of thiocarbonyl (C=S) groups is 1. The molecule has 1 atom stereocenters. The quantitative estimate of drug-likeness (QED) is 0.684. The Hall–Kier alpha value is -0.900. The summed E-state index contributed by atoms with van der Waals surface area (Å²) in [6.07, 6.45) is 2.44. The van der Waals surface area contributed by atoms with Gasteiger partial charge in [0, 0.05) is 17.7 Å². The van der Waals surface area contributed by atoms with Crippen molar-refractivity contribution < 1.29 is 4.79 Å². The predicted molar refractivity (Wildman–Crippen MR) is 68.0 cm³/mol. The minimum Gasteiger partial charge on any atom is -0.355 e. The van der Waals surface area contributed by atoms with Crippen LogP contribution in [0.5, 0.6) is 0 Å². The largest absolute Gasteiger partial charge is 0.355 e. The molecule has 0 bridgehead atoms. The fourth-order valence-corrected chi connectivity index (χ4v) is 2.83. The molecule has 2 rings (SSSR count). The molecule has 0 aromatic heterocycles. The van der Waals surface area contributed by atoms with E-state index in [1.54, 1.807) is 0 Å². The Bertz CT molecular complexity index is 384. The van der Waals surface area contributed by atoms with E-state index in [1.165, 1.54) is 0 Å². The molecule has 0 aromatic rings. The number of rotatable bonds is 1. The van der Waals surface area contributed by atoms with Gasteiger partial charge in [-0.15, -0.1) is 0 Å². The molecule has 0 spiro atoms. The van der Waals surface area contributed by atoms with Gasteiger partial charge in [0.15, 0.2) is 10.9 Å². The molecule has 2 aliphatic rings. The number of hydrogen-bond acceptors (Lipinski definition) is 2. The first-order valence-electron chi connectivity index (χ1n) is 5.77. The summed E-state index contributed by atoms with van der Waals surface area (Å²) in [6, 6.07) is 0.104. The molecule has 0 saturated heterocycles. The monoisotopic (exact) mass is 238 g/mol. The second kappa shape index (κ2) is 3.84. The average molecular weight is 238 g/mol. The van der Waals surface area contributed by atoms with E-state index in [1.807, 2.05) is 0 Å². The zero-order chi connectivity index (χ0) is 11.9. The Morgan fingerprint density at radius 3 is 2.75 bits per heavy atom. The van der Waals surface area contributed by atoms with Crippen molar-refractivity contribution in [3.63, 3.8) is 0 Å². The van der Waals surface area contributed by atoms with Crippen LogP contribution in [0.3, 0.4) is 0 Å². The molecule has 16 heavy (non-hydrogen) atoms. The van der Waals surface area contributed by atoms with Gasteiger partial charge >= 0.3 is 0 Å². The van der Waals surface area contributed by atoms with Crippen LogP contribution in [0.2, 0.25) is 0 Å². The lowest BCUT2D eigenvalue weighted by Gasteiger charge is -2.38. The fourth-order valence-electron chi connectivity index (χ4n) is 2.56. The van der Waals surface area contributed by atoms with E-state index in [4.69, 9.17) is 12.2 Å². The van der Waals surface area contributed by atoms with Crippen LogP contribution in [0.1, 0.15) is 40.0 Å². The van der Waals surface area contributed by atoms with Gasteiger partial charge in [-0.2, -0.15) is 0 Å². The van der Waals surface area contributed by atoms with Crippen molar-refractivity contribution in [2.45, 2.75) is 46.1 Å². The van der Waals surface area contributed by atoms with E-state index in [0.29, 0.717) is 11.5 Å². The first kappa shape index (κ1) is 11.6. The van der Waals surface area contributed by atoms with Gasteiger partial charge in [-0.3, -0.25) is 4.79 Å². The standard InChI is InChI=1S/C12H18N2OS/c1-4-7-10-8(14-11(16)13-7)5-12(2,3)6-9(10)15/h7H,4-6H2,1-3H3,(H2,13,14,16). The molecule has 0 aromatic carbocycles. The lowest BCUT2D eigenvalue weighted by atomic mass is 9.73. The maximum absolute atomic E-state index is 12.1. The van der Waals surface area contributed by atoms with E-state index in [0.717, 1.165) is 24.1 Å². The molecule has 0 amide bonds. The lowest BCUT2D eigenvalue weighted by Crippen LogP contribution is -2.52. The van der Waals surface area contributed by atoms with Crippen molar-refractivity contribution in [2.75, 3.05) is 0 Å². The molecule has 4 heteroatoms. The Morgan fingerprint density at radius 1 is 1.44 bits per heavy atom. The summed E-state index contributed by atoms with van der Waals surface area (Å²) in [6.45, 7) is 6.33. The van der Waals surface area contributed by atoms with Gasteiger partial charge in [0.2, 0.25) is 0 Å². The summed E-state index contributed by atoms with van der Waals surface area (Å²) in [5.41, 5.74) is 2.01. The summed E-state index contributed by atoms with van der Waals surface area (Å²) in [4.78, 5) is 12.1. The fraction of sp³-hybridized carbons (Fsp3) is 0.667. The highest BCUT2D eigenvalue weighted by atomic mass is 32.1. The van der Waals surface area contributed by atoms with Crippen LogP contribution in [0.25, 0.3) is 0 Å². The number of nitrogens with one attached hydrogen (secondary N) is 2. The highest BCUT2D eigenvalue weighted by Gasteiger charge is 2.38. The molecule has 1 aliphatic heterocycles. The van der Waals surface area contributed by atoms with Crippen LogP contribution < -0.4 is 10.6 Å². The third-order valence-electron chi connectivity index (χ3n) is 3.25. The van der Waals surface area contributed by atoms with Crippen LogP contribution in [0.15, 0.2) is 11.3 Å². The highest BCUT2D eigenvalue weighted by molar-refractivity contribution is 7.80. The van der Waals surface area contributed by atoms with E-state index >= 15 is 0 Å². The van der Waals surface area contributed by atoms with Crippen LogP contribution in [0, 0.1) is 5.41 Å². The van der Waals surface area contributed by atoms with Crippen molar-refractivity contribution in [1.82, 2.24) is 10.6 Å². The van der Waals surface area contributed by atoms with Gasteiger partial charge in [0.25, 0.3) is 0 Å². The van der Waals surface area contributed by atoms with Gasteiger partial charge in [-0.05, 0) is 30.5 Å². The maximum Gasteiger partial charge on any atom is 0.171 e. The third kappa shape index (κ3) is 1.98. The Kier molecular flexibility index (Phi) is 2.78. The molecular formula is C12H18N2OS. The summed E-state index contributed by atoms with van der Waals surface area (Å²) in [5, 5.41) is 6.96. The van der Waals surface area contributed by atoms with Gasteiger partial charge in [-0.1, -0.05) is 20.8 Å². The molecule has 0 fully saturated rings. The normalized spacial score (nSPS) is 28.3. The van der Waals surface area contributed by atoms with Crippen molar-refractivity contribution in [3.05, 3.63) is 11.3 Å². The van der Waals surface area contributed by atoms with Gasteiger partial charge < -0.3 is 10.6 Å². The summed E-state index contributed by atoms with van der Waals surface area (Å²) in [5.74, 6) is 0.264. The zero-order valence-electron chi connectivity index (χ0n) is 10.0. The minimum atomic E-state index is 0.0498. The molecule has 1 heterocycles. The van der Waals surface area contributed by atoms with Crippen molar-refractivity contribution in [1.29, 1.82) is 0 Å². The topological polar surface area (TPSA) is 41.1 Å². The lowest BCUT2D eigenvalue weighted by molar-refractivity contribution is -0.118. The average Bonchev–Trinajstić information content (AvgIpc) is 2.13. The summed E-state index contributed by atoms with van der Waals surface area (Å²) >= 11 is 5.16. The number of ketones is 1. The van der Waals surface area contributed by atoms with Crippen LogP contribution >= 0.6 is 12.2 Å². The minimum absolute atomic E-state index is 0.0498. The van der Waals surface area contributed by atoms with Crippen LogP contribution in [-0.2, 0) is 4.79 Å². The number of allylic oxidation sites excluding steroid dienone is 1. The Labute approximate surface area is 102 Å². The predicted octanol–water partition coefficient (Wildman–Crippen LogP) is 1.89. The zero-order valence-corrected chi connectivity index (χ0v) is 10.8. The molecule has 88 valence electrons. The Morgan fingerprint density at radius 2 is 2.12 bits per heavy atom. The van der Waals surface area contributed by atoms with Crippen molar-refractivity contribution >= 4 is 23.1 Å². The highest BCUT2D eigenvalue weighted by Crippen LogP contribution is 2.38. The molecule has 0 radical (unpaired) electrons. The second-order valence-electron chi connectivity index (χ2n) is 5.39. The summed E-state index contributed by atoms with van der Waals surface area (Å²) < 4.78 is 0. The Balaban J connectivity index is 2.40. The number of hydrogen-bond donors (Lipinski definition) is 2. The molecule has 0 saturated carbocycles. The number of carbonyl (C=O) groups is 1. The smallest absolute Gasteiger partial charge is 0.171 e. The van der Waals surface area contributed by atoms with Crippen molar-refractivity contribution in [2.24, 2.45) is 5.41 Å². The second-order valence-corrected chi connectivity index (χ2v) is 5.80. The number of carbonyl (C=O) groups excluding carboxylic acids is 1.